The van der Waals surface area contributed by atoms with E-state index in [2.05, 4.69) is 166 Å². The SMILES string of the molecule is Cc1cc(C)c(B2c3cc4c(cc3N3c5ccccc5N(c5ccc6c(c5)oc5cc(C)ccc56)c5cccc2c53)oc2cc(C)ccc24)c(C)c1. The topological polar surface area (TPSA) is 32.8 Å². The molecule has 2 aromatic heterocycles. The molecule has 0 unspecified atom stereocenters. The van der Waals surface area contributed by atoms with Crippen molar-refractivity contribution in [2.45, 2.75) is 34.6 Å². The molecule has 4 nitrogen and oxygen atoms in total. The van der Waals surface area contributed by atoms with Crippen molar-refractivity contribution in [3.8, 4) is 0 Å². The average molecular weight is 671 g/mol. The minimum absolute atomic E-state index is 0.0230. The fourth-order valence-corrected chi connectivity index (χ4v) is 9.32. The molecule has 0 atom stereocenters. The van der Waals surface area contributed by atoms with Crippen LogP contribution in [-0.4, -0.2) is 6.71 Å². The van der Waals surface area contributed by atoms with Crippen LogP contribution in [0.4, 0.5) is 34.1 Å². The van der Waals surface area contributed by atoms with E-state index in [9.17, 15) is 0 Å². The van der Waals surface area contributed by atoms with Crippen LogP contribution in [-0.2, 0) is 0 Å². The molecule has 0 fully saturated rings. The van der Waals surface area contributed by atoms with Crippen LogP contribution in [0.2, 0.25) is 0 Å². The molecule has 0 bridgehead atoms. The van der Waals surface area contributed by atoms with Gasteiger partial charge in [-0.1, -0.05) is 88.9 Å². The highest BCUT2D eigenvalue weighted by molar-refractivity contribution is 6.98. The summed E-state index contributed by atoms with van der Waals surface area (Å²) in [6, 6.07) is 44.7. The van der Waals surface area contributed by atoms with E-state index in [0.29, 0.717) is 0 Å². The van der Waals surface area contributed by atoms with Crippen molar-refractivity contribution in [3.63, 3.8) is 0 Å². The number of para-hydroxylation sites is 3. The number of aryl methyl sites for hydroxylation is 5. The standard InChI is InChI=1S/C47H35BN2O2/c1-26-13-16-32-33-18-15-31(23-44(33)51-42(32)21-26)49-38-10-6-7-11-39(38)50-41-25-45-35(34-17-14-27(2)22-43(34)52-45)24-37(41)48(36-9-8-12-40(49)47(36)50)46-29(4)19-28(3)20-30(46)5/h6-25H,1-5H3. The number of anilines is 6. The number of benzene rings is 7. The summed E-state index contributed by atoms with van der Waals surface area (Å²) in [6.45, 7) is 11.0. The molecule has 0 N–H and O–H groups in total. The second-order valence-electron chi connectivity index (χ2n) is 14.9. The maximum absolute atomic E-state index is 6.64. The molecule has 2 aliphatic rings. The zero-order valence-corrected chi connectivity index (χ0v) is 29.8. The van der Waals surface area contributed by atoms with E-state index in [1.54, 1.807) is 0 Å². The Bertz CT molecular complexity index is 2980. The van der Waals surface area contributed by atoms with Gasteiger partial charge < -0.3 is 18.6 Å². The monoisotopic (exact) mass is 670 g/mol. The van der Waals surface area contributed by atoms with Gasteiger partial charge in [0, 0.05) is 39.4 Å². The maximum Gasteiger partial charge on any atom is 0.247 e. The lowest BCUT2D eigenvalue weighted by Gasteiger charge is -2.45. The van der Waals surface area contributed by atoms with Gasteiger partial charge in [-0.15, -0.1) is 0 Å². The third-order valence-electron chi connectivity index (χ3n) is 11.4. The Morgan fingerprint density at radius 2 is 1.00 bits per heavy atom. The van der Waals surface area contributed by atoms with Crippen molar-refractivity contribution < 1.29 is 8.83 Å². The Morgan fingerprint density at radius 3 is 1.69 bits per heavy atom. The van der Waals surface area contributed by atoms with E-state index in [1.165, 1.54) is 49.9 Å². The highest BCUT2D eigenvalue weighted by atomic mass is 16.3. The maximum atomic E-state index is 6.64. The Hall–Kier alpha value is -6.20. The predicted molar refractivity (Wildman–Crippen MR) is 219 cm³/mol. The molecule has 9 aromatic rings. The highest BCUT2D eigenvalue weighted by Gasteiger charge is 2.42. The molecule has 5 heteroatoms. The largest absolute Gasteiger partial charge is 0.456 e. The molecule has 248 valence electrons. The van der Waals surface area contributed by atoms with Gasteiger partial charge in [0.05, 0.1) is 28.4 Å². The van der Waals surface area contributed by atoms with Gasteiger partial charge in [-0.05, 0) is 99.1 Å². The van der Waals surface area contributed by atoms with Crippen LogP contribution >= 0.6 is 0 Å². The number of hydrogen-bond donors (Lipinski definition) is 0. The van der Waals surface area contributed by atoms with Gasteiger partial charge in [-0.2, -0.15) is 0 Å². The number of hydrogen-bond acceptors (Lipinski definition) is 4. The molecule has 0 saturated carbocycles. The predicted octanol–water partition coefficient (Wildman–Crippen LogP) is 11.1. The van der Waals surface area contributed by atoms with Crippen molar-refractivity contribution in [1.29, 1.82) is 0 Å². The summed E-state index contributed by atoms with van der Waals surface area (Å²) in [5.41, 5.74) is 20.7. The van der Waals surface area contributed by atoms with Crippen molar-refractivity contribution >= 4 is 101 Å². The van der Waals surface area contributed by atoms with E-state index >= 15 is 0 Å². The molecule has 0 amide bonds. The molecular weight excluding hydrogens is 635 g/mol. The molecule has 2 aliphatic heterocycles. The second-order valence-corrected chi connectivity index (χ2v) is 14.9. The third kappa shape index (κ3) is 3.99. The Kier molecular flexibility index (Phi) is 5.92. The van der Waals surface area contributed by atoms with Gasteiger partial charge >= 0.3 is 0 Å². The highest BCUT2D eigenvalue weighted by Crippen LogP contribution is 2.55. The Morgan fingerprint density at radius 1 is 0.423 bits per heavy atom. The summed E-state index contributed by atoms with van der Waals surface area (Å²) in [4.78, 5) is 4.91. The summed E-state index contributed by atoms with van der Waals surface area (Å²) in [5.74, 6) is 0. The summed E-state index contributed by atoms with van der Waals surface area (Å²) in [6.07, 6.45) is 0. The average Bonchev–Trinajstić information content (AvgIpc) is 3.67. The second kappa shape index (κ2) is 10.4. The Balaban J connectivity index is 1.22. The van der Waals surface area contributed by atoms with Gasteiger partial charge in [0.15, 0.2) is 0 Å². The molecule has 4 heterocycles. The van der Waals surface area contributed by atoms with Crippen LogP contribution in [0, 0.1) is 34.6 Å². The summed E-state index contributed by atoms with van der Waals surface area (Å²) >= 11 is 0. The van der Waals surface area contributed by atoms with E-state index in [-0.39, 0.29) is 6.71 Å². The van der Waals surface area contributed by atoms with E-state index in [4.69, 9.17) is 8.83 Å². The first kappa shape index (κ1) is 29.5. The number of rotatable bonds is 2. The zero-order chi connectivity index (χ0) is 35.0. The van der Waals surface area contributed by atoms with Crippen molar-refractivity contribution in [3.05, 3.63) is 149 Å². The number of nitrogens with zero attached hydrogens (tertiary/aromatic N) is 2. The first-order valence-corrected chi connectivity index (χ1v) is 18.1. The number of fused-ring (bicyclic) bond motifs is 10. The van der Waals surface area contributed by atoms with Crippen LogP contribution in [0.1, 0.15) is 27.8 Å². The molecule has 0 radical (unpaired) electrons. The zero-order valence-electron chi connectivity index (χ0n) is 29.8. The van der Waals surface area contributed by atoms with Crippen LogP contribution in [0.15, 0.2) is 130 Å². The lowest BCUT2D eigenvalue weighted by Crippen LogP contribution is -2.59. The quantitative estimate of drug-likeness (QED) is 0.171. The molecule has 0 aliphatic carbocycles. The van der Waals surface area contributed by atoms with E-state index < -0.39 is 0 Å². The summed E-state index contributed by atoms with van der Waals surface area (Å²) in [5, 5.41) is 4.58. The van der Waals surface area contributed by atoms with Gasteiger partial charge in [-0.3, -0.25) is 0 Å². The molecule has 0 spiro atoms. The lowest BCUT2D eigenvalue weighted by atomic mass is 9.33. The van der Waals surface area contributed by atoms with Gasteiger partial charge in [0.1, 0.15) is 22.3 Å². The first-order valence-electron chi connectivity index (χ1n) is 18.1. The minimum Gasteiger partial charge on any atom is -0.456 e. The third-order valence-corrected chi connectivity index (χ3v) is 11.4. The summed E-state index contributed by atoms with van der Waals surface area (Å²) < 4.78 is 13.1. The van der Waals surface area contributed by atoms with Gasteiger partial charge in [-0.25, -0.2) is 0 Å². The van der Waals surface area contributed by atoms with Crippen molar-refractivity contribution in [2.24, 2.45) is 0 Å². The summed E-state index contributed by atoms with van der Waals surface area (Å²) in [7, 11) is 0. The smallest absolute Gasteiger partial charge is 0.247 e. The van der Waals surface area contributed by atoms with Crippen LogP contribution in [0.5, 0.6) is 0 Å². The fraction of sp³-hybridized carbons (Fsp3) is 0.106. The van der Waals surface area contributed by atoms with Crippen molar-refractivity contribution in [1.82, 2.24) is 0 Å². The normalized spacial score (nSPS) is 13.4. The molecule has 11 rings (SSSR count). The lowest BCUT2D eigenvalue weighted by molar-refractivity contribution is 0.668. The first-order chi connectivity index (χ1) is 25.3. The van der Waals surface area contributed by atoms with E-state index in [0.717, 1.165) is 72.3 Å². The van der Waals surface area contributed by atoms with Gasteiger partial charge in [0.2, 0.25) is 6.71 Å². The molecule has 7 aromatic carbocycles. The molecule has 0 saturated heterocycles. The molecule has 52 heavy (non-hydrogen) atoms. The van der Waals surface area contributed by atoms with Crippen molar-refractivity contribution in [2.75, 3.05) is 9.80 Å². The van der Waals surface area contributed by atoms with Crippen LogP contribution < -0.4 is 26.2 Å². The van der Waals surface area contributed by atoms with Crippen LogP contribution in [0.3, 0.4) is 0 Å². The van der Waals surface area contributed by atoms with Gasteiger partial charge in [0.25, 0.3) is 0 Å². The molecular formula is C47H35BN2O2. The minimum atomic E-state index is 0.0230. The van der Waals surface area contributed by atoms with E-state index in [1.807, 2.05) is 0 Å². The Labute approximate surface area is 302 Å². The fourth-order valence-electron chi connectivity index (χ4n) is 9.32. The number of furan rings is 2. The van der Waals surface area contributed by atoms with Crippen LogP contribution in [0.25, 0.3) is 43.9 Å².